The summed E-state index contributed by atoms with van der Waals surface area (Å²) >= 11 is 0. The Morgan fingerprint density at radius 3 is 2.38 bits per heavy atom. The van der Waals surface area contributed by atoms with Crippen LogP contribution < -0.4 is 10.2 Å². The Labute approximate surface area is 139 Å². The molecule has 0 fully saturated rings. The van der Waals surface area contributed by atoms with E-state index in [0.29, 0.717) is 17.0 Å². The molecule has 7 nitrogen and oxygen atoms in total. The van der Waals surface area contributed by atoms with Crippen LogP contribution >= 0.6 is 0 Å². The largest absolute Gasteiger partial charge is 0.481 e. The van der Waals surface area contributed by atoms with E-state index in [4.69, 9.17) is 4.74 Å². The highest BCUT2D eigenvalue weighted by Gasteiger charge is 2.14. The molecule has 0 aliphatic heterocycles. The van der Waals surface area contributed by atoms with Crippen LogP contribution in [0, 0.1) is 10.1 Å². The van der Waals surface area contributed by atoms with E-state index in [1.807, 2.05) is 18.2 Å². The van der Waals surface area contributed by atoms with Crippen LogP contribution in [0.5, 0.6) is 5.75 Å². The first-order valence-electron chi connectivity index (χ1n) is 7.28. The van der Waals surface area contributed by atoms with Gasteiger partial charge < -0.3 is 4.74 Å². The fraction of sp³-hybridized carbons (Fsp3) is 0.176. The van der Waals surface area contributed by atoms with Crippen LogP contribution in [-0.4, -0.2) is 22.6 Å². The van der Waals surface area contributed by atoms with Crippen molar-refractivity contribution in [3.63, 3.8) is 0 Å². The molecular formula is C17H17N3O4. The van der Waals surface area contributed by atoms with E-state index >= 15 is 0 Å². The van der Waals surface area contributed by atoms with E-state index in [9.17, 15) is 14.9 Å². The zero-order chi connectivity index (χ0) is 17.5. The van der Waals surface area contributed by atoms with Crippen LogP contribution in [0.2, 0.25) is 0 Å². The van der Waals surface area contributed by atoms with Gasteiger partial charge in [0.25, 0.3) is 11.6 Å². The summed E-state index contributed by atoms with van der Waals surface area (Å²) in [6.07, 6.45) is -0.708. The lowest BCUT2D eigenvalue weighted by Crippen LogP contribution is -2.33. The van der Waals surface area contributed by atoms with E-state index in [2.05, 4.69) is 10.5 Å². The highest BCUT2D eigenvalue weighted by atomic mass is 16.6. The molecule has 1 amide bonds. The van der Waals surface area contributed by atoms with Crippen molar-refractivity contribution >= 4 is 17.3 Å². The smallest absolute Gasteiger partial charge is 0.280 e. The number of hydrogen-bond acceptors (Lipinski definition) is 5. The summed E-state index contributed by atoms with van der Waals surface area (Å²) in [4.78, 5) is 22.1. The molecule has 7 heteroatoms. The maximum atomic E-state index is 12.0. The van der Waals surface area contributed by atoms with Gasteiger partial charge in [0.05, 0.1) is 10.6 Å². The van der Waals surface area contributed by atoms with Gasteiger partial charge in [0.15, 0.2) is 6.10 Å². The lowest BCUT2D eigenvalue weighted by Gasteiger charge is -2.13. The van der Waals surface area contributed by atoms with Crippen LogP contribution in [0.1, 0.15) is 19.4 Å². The van der Waals surface area contributed by atoms with Gasteiger partial charge in [-0.3, -0.25) is 14.9 Å². The Morgan fingerprint density at radius 2 is 1.79 bits per heavy atom. The molecular weight excluding hydrogens is 310 g/mol. The second kappa shape index (κ2) is 7.87. The molecule has 2 aromatic rings. The number of nitro groups is 1. The zero-order valence-corrected chi connectivity index (χ0v) is 13.3. The highest BCUT2D eigenvalue weighted by Crippen LogP contribution is 2.13. The summed E-state index contributed by atoms with van der Waals surface area (Å²) in [6.45, 7) is 3.32. The fourth-order valence-electron chi connectivity index (χ4n) is 1.88. The highest BCUT2D eigenvalue weighted by molar-refractivity contribution is 5.99. The number of nitrogens with zero attached hydrogens (tertiary/aromatic N) is 2. The average molecular weight is 327 g/mol. The molecule has 0 bridgehead atoms. The van der Waals surface area contributed by atoms with Crippen LogP contribution in [0.3, 0.4) is 0 Å². The van der Waals surface area contributed by atoms with Gasteiger partial charge in [0, 0.05) is 12.1 Å². The Bertz CT molecular complexity index is 742. The maximum Gasteiger partial charge on any atom is 0.280 e. The monoisotopic (exact) mass is 327 g/mol. The summed E-state index contributed by atoms with van der Waals surface area (Å²) in [5.41, 5.74) is 3.64. The molecule has 1 atom stereocenters. The minimum Gasteiger partial charge on any atom is -0.481 e. The van der Waals surface area contributed by atoms with Crippen molar-refractivity contribution in [2.75, 3.05) is 0 Å². The third kappa shape index (κ3) is 4.64. The summed E-state index contributed by atoms with van der Waals surface area (Å²) in [5, 5.41) is 14.6. The fourth-order valence-corrected chi connectivity index (χ4v) is 1.88. The van der Waals surface area contributed by atoms with Gasteiger partial charge >= 0.3 is 0 Å². The Kier molecular flexibility index (Phi) is 5.62. The normalized spacial score (nSPS) is 12.3. The number of nitro benzene ring substituents is 1. The minimum absolute atomic E-state index is 0.000434. The Balaban J connectivity index is 1.95. The molecule has 1 unspecified atom stereocenters. The molecule has 24 heavy (non-hydrogen) atoms. The molecule has 0 radical (unpaired) electrons. The number of ether oxygens (including phenoxy) is 1. The Hall–Kier alpha value is -3.22. The molecule has 2 aromatic carbocycles. The molecule has 0 saturated carbocycles. The number of benzene rings is 2. The van der Waals surface area contributed by atoms with Gasteiger partial charge in [0.2, 0.25) is 0 Å². The number of carbonyl (C=O) groups is 1. The number of hydrogen-bond donors (Lipinski definition) is 1. The van der Waals surface area contributed by atoms with Crippen molar-refractivity contribution in [3.05, 3.63) is 70.3 Å². The predicted molar refractivity (Wildman–Crippen MR) is 90.0 cm³/mol. The van der Waals surface area contributed by atoms with E-state index in [1.165, 1.54) is 12.1 Å². The second-order valence-electron chi connectivity index (χ2n) is 5.05. The number of para-hydroxylation sites is 1. The third-order valence-electron chi connectivity index (χ3n) is 3.25. The number of rotatable bonds is 6. The lowest BCUT2D eigenvalue weighted by atomic mass is 10.1. The molecule has 0 saturated heterocycles. The summed E-state index contributed by atoms with van der Waals surface area (Å²) in [7, 11) is 0. The van der Waals surface area contributed by atoms with Crippen LogP contribution in [0.4, 0.5) is 5.69 Å². The molecule has 124 valence electrons. The first-order valence-corrected chi connectivity index (χ1v) is 7.28. The minimum atomic E-state index is -0.708. The van der Waals surface area contributed by atoms with Crippen LogP contribution in [-0.2, 0) is 4.79 Å². The van der Waals surface area contributed by atoms with Gasteiger partial charge in [0.1, 0.15) is 5.75 Å². The van der Waals surface area contributed by atoms with Crippen molar-refractivity contribution in [2.45, 2.75) is 20.0 Å². The topological polar surface area (TPSA) is 93.8 Å². The molecule has 0 aromatic heterocycles. The number of non-ortho nitro benzene ring substituents is 1. The number of carbonyl (C=O) groups excluding carboxylic acids is 1. The number of hydrazone groups is 1. The van der Waals surface area contributed by atoms with E-state index < -0.39 is 11.0 Å². The number of nitrogens with one attached hydrogen (secondary N) is 1. The van der Waals surface area contributed by atoms with Crippen molar-refractivity contribution in [1.29, 1.82) is 0 Å². The third-order valence-corrected chi connectivity index (χ3v) is 3.25. The number of amides is 1. The van der Waals surface area contributed by atoms with Gasteiger partial charge in [-0.2, -0.15) is 5.10 Å². The summed E-state index contributed by atoms with van der Waals surface area (Å²) in [6, 6.07) is 14.9. The summed E-state index contributed by atoms with van der Waals surface area (Å²) in [5.74, 6) is 0.205. The molecule has 2 rings (SSSR count). The molecule has 0 spiro atoms. The van der Waals surface area contributed by atoms with Crippen LogP contribution in [0.25, 0.3) is 0 Å². The average Bonchev–Trinajstić information content (AvgIpc) is 2.60. The SMILES string of the molecule is CC(=NNC(=O)C(C)Oc1ccccc1)c1ccc([N+](=O)[O-])cc1. The quantitative estimate of drug-likeness (QED) is 0.501. The molecule has 0 aliphatic carbocycles. The van der Waals surface area contributed by atoms with E-state index in [0.717, 1.165) is 0 Å². The molecule has 1 N–H and O–H groups in total. The summed E-state index contributed by atoms with van der Waals surface area (Å²) < 4.78 is 5.50. The lowest BCUT2D eigenvalue weighted by molar-refractivity contribution is -0.384. The first-order chi connectivity index (χ1) is 11.5. The zero-order valence-electron chi connectivity index (χ0n) is 13.3. The van der Waals surface area contributed by atoms with Crippen molar-refractivity contribution in [3.8, 4) is 5.75 Å². The van der Waals surface area contributed by atoms with E-state index in [-0.39, 0.29) is 11.6 Å². The molecule has 0 heterocycles. The first kappa shape index (κ1) is 17.1. The van der Waals surface area contributed by atoms with Crippen LogP contribution in [0.15, 0.2) is 59.7 Å². The van der Waals surface area contributed by atoms with Gasteiger partial charge in [-0.15, -0.1) is 0 Å². The standard InChI is InChI=1S/C17H17N3O4/c1-12(14-8-10-15(11-9-14)20(22)23)18-19-17(21)13(2)24-16-6-4-3-5-7-16/h3-11,13H,1-2H3,(H,19,21). The molecule has 0 aliphatic rings. The van der Waals surface area contributed by atoms with Crippen molar-refractivity contribution in [2.24, 2.45) is 5.10 Å². The van der Waals surface area contributed by atoms with Crippen molar-refractivity contribution < 1.29 is 14.5 Å². The second-order valence-corrected chi connectivity index (χ2v) is 5.05. The maximum absolute atomic E-state index is 12.0. The Morgan fingerprint density at radius 1 is 1.17 bits per heavy atom. The van der Waals surface area contributed by atoms with Gasteiger partial charge in [-0.1, -0.05) is 18.2 Å². The predicted octanol–water partition coefficient (Wildman–Crippen LogP) is 2.90. The van der Waals surface area contributed by atoms with E-state index in [1.54, 1.807) is 38.1 Å². The van der Waals surface area contributed by atoms with Gasteiger partial charge in [-0.05, 0) is 43.7 Å². The van der Waals surface area contributed by atoms with Gasteiger partial charge in [-0.25, -0.2) is 5.43 Å². The van der Waals surface area contributed by atoms with Crippen molar-refractivity contribution in [1.82, 2.24) is 5.43 Å².